The fraction of sp³-hybridized carbons (Fsp3) is 0. The van der Waals surface area contributed by atoms with Gasteiger partial charge in [-0.05, 0) is 24.3 Å². The Hall–Kier alpha value is -1.40. The number of hydrogen-bond acceptors (Lipinski definition) is 9. The SMILES string of the molecule is O=S(=O)(Oc1ccccc1)SOSS(=O)(=O)Oc1ccccc1. The van der Waals surface area contributed by atoms with Crippen molar-refractivity contribution in [3.05, 3.63) is 60.7 Å². The van der Waals surface area contributed by atoms with Crippen LogP contribution in [0.2, 0.25) is 0 Å². The summed E-state index contributed by atoms with van der Waals surface area (Å²) in [6, 6.07) is 15.4. The molecule has 0 saturated carbocycles. The maximum atomic E-state index is 11.6. The molecule has 2 rings (SSSR count). The van der Waals surface area contributed by atoms with Gasteiger partial charge in [0.2, 0.25) is 0 Å². The molecule has 7 nitrogen and oxygen atoms in total. The molecule has 0 amide bonds. The number of rotatable bonds is 8. The predicted molar refractivity (Wildman–Crippen MR) is 88.2 cm³/mol. The number of para-hydroxylation sites is 2. The fourth-order valence-corrected chi connectivity index (χ4v) is 5.36. The molecule has 0 N–H and O–H groups in total. The van der Waals surface area contributed by atoms with Gasteiger partial charge in [-0.3, -0.25) is 0 Å². The zero-order valence-corrected chi connectivity index (χ0v) is 14.5. The van der Waals surface area contributed by atoms with Crippen molar-refractivity contribution in [3.8, 4) is 11.5 Å². The average Bonchev–Trinajstić information content (AvgIpc) is 2.47. The molecule has 2 aromatic carbocycles. The lowest BCUT2D eigenvalue weighted by Gasteiger charge is -2.06. The molecule has 0 atom stereocenters. The molecule has 0 saturated heterocycles. The van der Waals surface area contributed by atoms with Gasteiger partial charge in [-0.1, -0.05) is 36.4 Å². The summed E-state index contributed by atoms with van der Waals surface area (Å²) in [4.78, 5) is 0. The van der Waals surface area contributed by atoms with Crippen LogP contribution in [0.15, 0.2) is 60.7 Å². The molecule has 0 heterocycles. The van der Waals surface area contributed by atoms with Crippen molar-refractivity contribution in [2.75, 3.05) is 0 Å². The molecule has 0 aliphatic heterocycles. The van der Waals surface area contributed by atoms with Crippen LogP contribution in [0, 0.1) is 0 Å². The van der Waals surface area contributed by atoms with Crippen LogP contribution in [-0.2, 0) is 21.9 Å². The monoisotopic (exact) mass is 394 g/mol. The van der Waals surface area contributed by atoms with Gasteiger partial charge in [0.05, 0.1) is 0 Å². The van der Waals surface area contributed by atoms with Gasteiger partial charge in [0.15, 0.2) is 22.1 Å². The Morgan fingerprint density at radius 1 is 0.609 bits per heavy atom. The highest BCUT2D eigenvalue weighted by Crippen LogP contribution is 2.29. The molecule has 124 valence electrons. The lowest BCUT2D eigenvalue weighted by atomic mass is 10.3. The van der Waals surface area contributed by atoms with Crippen molar-refractivity contribution in [1.29, 1.82) is 0 Å². The maximum absolute atomic E-state index is 11.6. The third-order valence-electron chi connectivity index (χ3n) is 2.11. The molecule has 2 aromatic rings. The summed E-state index contributed by atoms with van der Waals surface area (Å²) < 4.78 is 60.4. The largest absolute Gasteiger partial charge is 0.393 e. The highest BCUT2D eigenvalue weighted by atomic mass is 33.2. The quantitative estimate of drug-likeness (QED) is 0.494. The van der Waals surface area contributed by atoms with E-state index in [4.69, 9.17) is 8.37 Å². The van der Waals surface area contributed by atoms with Crippen molar-refractivity contribution in [1.82, 2.24) is 0 Å². The van der Waals surface area contributed by atoms with E-state index < -0.39 is 18.3 Å². The van der Waals surface area contributed by atoms with Crippen LogP contribution in [0.25, 0.3) is 0 Å². The first kappa shape index (κ1) is 17.9. The minimum Gasteiger partial charge on any atom is -0.373 e. The van der Waals surface area contributed by atoms with Crippen LogP contribution in [0.5, 0.6) is 11.5 Å². The molecule has 0 aliphatic carbocycles. The Morgan fingerprint density at radius 3 is 1.30 bits per heavy atom. The van der Waals surface area contributed by atoms with E-state index in [0.717, 1.165) is 0 Å². The highest BCUT2D eigenvalue weighted by Gasteiger charge is 2.21. The van der Waals surface area contributed by atoms with Crippen LogP contribution in [0.3, 0.4) is 0 Å². The molecule has 0 fully saturated rings. The molecular weight excluding hydrogens is 384 g/mol. The van der Waals surface area contributed by atoms with E-state index in [0.29, 0.717) is 0 Å². The molecule has 0 aromatic heterocycles. The summed E-state index contributed by atoms with van der Waals surface area (Å²) in [5.74, 6) is 0.161. The maximum Gasteiger partial charge on any atom is 0.393 e. The summed E-state index contributed by atoms with van der Waals surface area (Å²) in [7, 11) is -8.35. The second-order valence-corrected chi connectivity index (χ2v) is 9.86. The minimum absolute atomic E-state index is 0.0805. The van der Waals surface area contributed by atoms with Crippen molar-refractivity contribution in [2.24, 2.45) is 0 Å². The Balaban J connectivity index is 1.86. The van der Waals surface area contributed by atoms with Gasteiger partial charge in [-0.2, -0.15) is 16.8 Å². The molecule has 23 heavy (non-hydrogen) atoms. The third-order valence-corrected chi connectivity index (χ3v) is 6.08. The van der Waals surface area contributed by atoms with Crippen LogP contribution in [-0.4, -0.2) is 16.8 Å². The average molecular weight is 394 g/mol. The predicted octanol–water partition coefficient (Wildman–Crippen LogP) is 2.95. The smallest absolute Gasteiger partial charge is 0.373 e. The van der Waals surface area contributed by atoms with Gasteiger partial charge in [-0.15, -0.1) is 0 Å². The topological polar surface area (TPSA) is 96.0 Å². The van der Waals surface area contributed by atoms with Gasteiger partial charge >= 0.3 is 18.3 Å². The summed E-state index contributed by atoms with van der Waals surface area (Å²) in [6.45, 7) is 0. The van der Waals surface area contributed by atoms with Gasteiger partial charge in [0.1, 0.15) is 11.5 Å². The van der Waals surface area contributed by atoms with E-state index in [9.17, 15) is 16.8 Å². The van der Waals surface area contributed by atoms with Gasteiger partial charge in [-0.25, -0.2) is 3.63 Å². The summed E-state index contributed by atoms with van der Waals surface area (Å²) in [5.41, 5.74) is 0. The lowest BCUT2D eigenvalue weighted by molar-refractivity contribution is 0.501. The summed E-state index contributed by atoms with van der Waals surface area (Å²) in [5, 5.41) is 0. The third kappa shape index (κ3) is 6.71. The van der Waals surface area contributed by atoms with Crippen LogP contribution in [0.1, 0.15) is 0 Å². The van der Waals surface area contributed by atoms with E-state index in [2.05, 4.69) is 3.63 Å². The Bertz CT molecular complexity index is 749. The van der Waals surface area contributed by atoms with E-state index in [1.54, 1.807) is 36.4 Å². The van der Waals surface area contributed by atoms with E-state index in [1.807, 2.05) is 0 Å². The molecule has 0 aliphatic rings. The van der Waals surface area contributed by atoms with Crippen LogP contribution < -0.4 is 8.37 Å². The zero-order valence-electron chi connectivity index (χ0n) is 11.3. The van der Waals surface area contributed by atoms with E-state index in [1.165, 1.54) is 24.3 Å². The van der Waals surface area contributed by atoms with Crippen molar-refractivity contribution in [2.45, 2.75) is 0 Å². The van der Waals surface area contributed by atoms with Gasteiger partial charge < -0.3 is 8.37 Å². The Morgan fingerprint density at radius 2 is 0.957 bits per heavy atom. The van der Waals surface area contributed by atoms with Crippen LogP contribution >= 0.6 is 22.1 Å². The second-order valence-electron chi connectivity index (χ2n) is 3.81. The standard InChI is InChI=1S/C12H10O7S4/c13-22(14,17-11-7-3-1-4-8-11)20-19-21-23(15,16)18-12-9-5-2-6-10-12/h1-10H. The molecule has 0 radical (unpaired) electrons. The lowest BCUT2D eigenvalue weighted by Crippen LogP contribution is -2.06. The summed E-state index contributed by atoms with van der Waals surface area (Å²) in [6.07, 6.45) is 0. The molecular formula is C12H10O7S4. The second kappa shape index (κ2) is 7.93. The molecule has 11 heteroatoms. The fourth-order valence-electron chi connectivity index (χ4n) is 1.29. The number of benzene rings is 2. The molecule has 0 unspecified atom stereocenters. The van der Waals surface area contributed by atoms with Crippen molar-refractivity contribution < 1.29 is 28.8 Å². The highest BCUT2D eigenvalue weighted by molar-refractivity contribution is 8.75. The Labute approximate surface area is 141 Å². The first-order valence-corrected chi connectivity index (χ1v) is 11.2. The molecule has 0 bridgehead atoms. The first-order valence-electron chi connectivity index (χ1n) is 5.90. The molecule has 0 spiro atoms. The minimum atomic E-state index is -4.18. The number of hydrogen-bond donors (Lipinski definition) is 0. The van der Waals surface area contributed by atoms with Crippen LogP contribution in [0.4, 0.5) is 0 Å². The normalized spacial score (nSPS) is 11.8. The first-order chi connectivity index (χ1) is 10.9. The van der Waals surface area contributed by atoms with E-state index >= 15 is 0 Å². The van der Waals surface area contributed by atoms with Crippen molar-refractivity contribution in [3.63, 3.8) is 0 Å². The summed E-state index contributed by atoms with van der Waals surface area (Å²) >= 11 is -0.270. The van der Waals surface area contributed by atoms with E-state index in [-0.39, 0.29) is 33.6 Å². The Kier molecular flexibility index (Phi) is 6.18. The van der Waals surface area contributed by atoms with Gasteiger partial charge in [0, 0.05) is 0 Å². The van der Waals surface area contributed by atoms with Gasteiger partial charge in [0.25, 0.3) is 0 Å². The van der Waals surface area contributed by atoms with Crippen molar-refractivity contribution >= 4 is 40.4 Å². The zero-order chi connectivity index (χ0) is 16.8.